The van der Waals surface area contributed by atoms with Crippen molar-refractivity contribution >= 4 is 55.3 Å². The molecule has 0 bridgehead atoms. The zero-order valence-electron chi connectivity index (χ0n) is 18.5. The number of ether oxygens (including phenoxy) is 1. The van der Waals surface area contributed by atoms with Gasteiger partial charge in [-0.25, -0.2) is 0 Å². The standard InChI is InChI=1S/C17H28N4O8S4/c1-4-18-28-32(23,24)10-6-8-20-13(3)12-31-16(20)14-15(22)21(17(30)27-14)9-7-11-33(25,26)29-19-5-2/h12,18-19H,4-11H2,1-3H3/b16-14-. The molecule has 2 N–H and O–H groups in total. The second kappa shape index (κ2) is 12.4. The number of allylic oxidation sites excluding steroid dienone is 1. The van der Waals surface area contributed by atoms with Crippen LogP contribution in [0.1, 0.15) is 33.6 Å². The van der Waals surface area contributed by atoms with Crippen LogP contribution in [0.25, 0.3) is 0 Å². The zero-order chi connectivity index (χ0) is 24.6. The largest absolute Gasteiger partial charge is 0.423 e. The number of carbonyl (C=O) groups excluding carboxylic acids is 1. The topological polar surface area (TPSA) is 144 Å². The lowest BCUT2D eigenvalue weighted by atomic mass is 10.3. The monoisotopic (exact) mass is 544 g/mol. The minimum Gasteiger partial charge on any atom is -0.423 e. The van der Waals surface area contributed by atoms with Crippen LogP contribution in [-0.2, 0) is 38.3 Å². The number of thiocarbonyl (C=S) groups is 1. The Kier molecular flexibility index (Phi) is 10.5. The van der Waals surface area contributed by atoms with Gasteiger partial charge in [0.1, 0.15) is 5.03 Å². The molecule has 0 saturated carbocycles. The number of hydrogen-bond donors (Lipinski definition) is 2. The minimum atomic E-state index is -3.77. The maximum Gasteiger partial charge on any atom is 0.299 e. The summed E-state index contributed by atoms with van der Waals surface area (Å²) in [5.41, 5.74) is 5.42. The van der Waals surface area contributed by atoms with Crippen molar-refractivity contribution in [3.8, 4) is 0 Å². The lowest BCUT2D eigenvalue weighted by molar-refractivity contribution is -0.123. The van der Waals surface area contributed by atoms with Gasteiger partial charge < -0.3 is 9.64 Å². The van der Waals surface area contributed by atoms with Gasteiger partial charge in [-0.15, -0.1) is 0 Å². The van der Waals surface area contributed by atoms with E-state index >= 15 is 0 Å². The molecule has 0 aromatic carbocycles. The number of hydrogen-bond acceptors (Lipinski definition) is 13. The van der Waals surface area contributed by atoms with Gasteiger partial charge in [-0.2, -0.15) is 36.4 Å². The summed E-state index contributed by atoms with van der Waals surface area (Å²) in [6, 6.07) is 0. The van der Waals surface area contributed by atoms with Crippen LogP contribution in [0.15, 0.2) is 21.9 Å². The Morgan fingerprint density at radius 3 is 2.03 bits per heavy atom. The quantitative estimate of drug-likeness (QED) is 0.180. The van der Waals surface area contributed by atoms with E-state index in [1.54, 1.807) is 18.7 Å². The van der Waals surface area contributed by atoms with E-state index in [0.717, 1.165) is 5.70 Å². The number of hydroxylamine groups is 2. The summed E-state index contributed by atoms with van der Waals surface area (Å²) in [6.07, 6.45) is 0.353. The van der Waals surface area contributed by atoms with E-state index in [0.29, 0.717) is 24.7 Å². The smallest absolute Gasteiger partial charge is 0.299 e. The molecule has 2 aliphatic rings. The molecule has 0 aromatic rings. The van der Waals surface area contributed by atoms with Crippen LogP contribution < -0.4 is 11.0 Å². The molecule has 12 nitrogen and oxygen atoms in total. The van der Waals surface area contributed by atoms with Crippen LogP contribution in [0.5, 0.6) is 0 Å². The van der Waals surface area contributed by atoms with Gasteiger partial charge in [0, 0.05) is 31.9 Å². The van der Waals surface area contributed by atoms with Crippen molar-refractivity contribution in [1.29, 1.82) is 0 Å². The molecule has 188 valence electrons. The predicted molar refractivity (Wildman–Crippen MR) is 127 cm³/mol. The van der Waals surface area contributed by atoms with Crippen molar-refractivity contribution in [3.05, 3.63) is 21.9 Å². The van der Waals surface area contributed by atoms with Gasteiger partial charge in [0.15, 0.2) is 0 Å². The summed E-state index contributed by atoms with van der Waals surface area (Å²) >= 11 is 6.43. The third-order valence-electron chi connectivity index (χ3n) is 4.27. The lowest BCUT2D eigenvalue weighted by Gasteiger charge is -2.21. The molecular formula is C17H28N4O8S4. The highest BCUT2D eigenvalue weighted by Crippen LogP contribution is 2.39. The second-order valence-electron chi connectivity index (χ2n) is 6.88. The first kappa shape index (κ1) is 28.0. The van der Waals surface area contributed by atoms with Gasteiger partial charge in [-0.05, 0) is 37.4 Å². The van der Waals surface area contributed by atoms with Crippen molar-refractivity contribution in [3.63, 3.8) is 0 Å². The van der Waals surface area contributed by atoms with Gasteiger partial charge in [0.05, 0.1) is 11.5 Å². The van der Waals surface area contributed by atoms with Crippen LogP contribution in [0.3, 0.4) is 0 Å². The van der Waals surface area contributed by atoms with Gasteiger partial charge in [-0.1, -0.05) is 25.6 Å². The fraction of sp³-hybridized carbons (Fsp3) is 0.647. The maximum atomic E-state index is 12.9. The Bertz CT molecular complexity index is 1010. The molecule has 2 heterocycles. The van der Waals surface area contributed by atoms with Crippen molar-refractivity contribution in [2.45, 2.75) is 33.6 Å². The Balaban J connectivity index is 2.00. The molecule has 0 atom stereocenters. The molecule has 0 spiro atoms. The molecule has 1 amide bonds. The summed E-state index contributed by atoms with van der Waals surface area (Å²) in [4.78, 5) is 15.9. The second-order valence-corrected chi connectivity index (χ2v) is 11.5. The SMILES string of the molecule is CCNOS(=O)(=O)CCCN1C(=O)/C(=C2/SC=C(C)N2CCCS(=O)(=O)ONCC)OC1=S. The van der Waals surface area contributed by atoms with Crippen molar-refractivity contribution in [1.82, 2.24) is 20.8 Å². The Hall–Kier alpha value is -1.27. The normalized spacial score (nSPS) is 19.4. The maximum absolute atomic E-state index is 12.9. The Morgan fingerprint density at radius 2 is 1.52 bits per heavy atom. The molecule has 0 aromatic heterocycles. The number of nitrogens with zero attached hydrogens (tertiary/aromatic N) is 2. The third-order valence-corrected chi connectivity index (χ3v) is 7.98. The average molecular weight is 545 g/mol. The lowest BCUT2D eigenvalue weighted by Crippen LogP contribution is -2.32. The van der Waals surface area contributed by atoms with Crippen LogP contribution in [0.4, 0.5) is 0 Å². The molecule has 0 unspecified atom stereocenters. The van der Waals surface area contributed by atoms with E-state index in [1.165, 1.54) is 16.7 Å². The number of nitrogens with one attached hydrogen (secondary N) is 2. The van der Waals surface area contributed by atoms with Crippen LogP contribution >= 0.6 is 24.0 Å². The molecule has 0 aliphatic carbocycles. The summed E-state index contributed by atoms with van der Waals surface area (Å²) in [7, 11) is -7.49. The third kappa shape index (κ3) is 8.17. The Morgan fingerprint density at radius 1 is 1.00 bits per heavy atom. The molecule has 1 saturated heterocycles. The van der Waals surface area contributed by atoms with Crippen molar-refractivity contribution < 1.29 is 34.9 Å². The first-order valence-corrected chi connectivity index (χ1v) is 14.6. The molecule has 0 radical (unpaired) electrons. The number of carbonyl (C=O) groups is 1. The summed E-state index contributed by atoms with van der Waals surface area (Å²) in [5.74, 6) is -0.969. The van der Waals surface area contributed by atoms with E-state index in [1.807, 2.05) is 12.3 Å². The van der Waals surface area contributed by atoms with Gasteiger partial charge in [0.25, 0.3) is 31.3 Å². The molecule has 2 rings (SSSR count). The van der Waals surface area contributed by atoms with Gasteiger partial charge >= 0.3 is 0 Å². The van der Waals surface area contributed by atoms with E-state index in [-0.39, 0.29) is 41.8 Å². The first-order valence-electron chi connectivity index (χ1n) is 10.2. The molecule has 2 aliphatic heterocycles. The fourth-order valence-electron chi connectivity index (χ4n) is 2.78. The highest BCUT2D eigenvalue weighted by Gasteiger charge is 2.39. The molecular weight excluding hydrogens is 516 g/mol. The van der Waals surface area contributed by atoms with Crippen molar-refractivity contribution in [2.75, 3.05) is 37.7 Å². The van der Waals surface area contributed by atoms with E-state index in [2.05, 4.69) is 19.5 Å². The summed E-state index contributed by atoms with van der Waals surface area (Å²) in [5, 5.41) is 2.24. The Labute approximate surface area is 203 Å². The minimum absolute atomic E-state index is 0.0246. The van der Waals surface area contributed by atoms with Crippen LogP contribution in [-0.4, -0.2) is 75.4 Å². The van der Waals surface area contributed by atoms with E-state index < -0.39 is 26.1 Å². The van der Waals surface area contributed by atoms with E-state index in [4.69, 9.17) is 17.0 Å². The zero-order valence-corrected chi connectivity index (χ0v) is 21.8. The number of thioether (sulfide) groups is 1. The molecule has 33 heavy (non-hydrogen) atoms. The fourth-order valence-corrected chi connectivity index (χ4v) is 5.77. The molecule has 16 heteroatoms. The van der Waals surface area contributed by atoms with Crippen LogP contribution in [0, 0.1) is 0 Å². The summed E-state index contributed by atoms with van der Waals surface area (Å²) < 4.78 is 62.0. The van der Waals surface area contributed by atoms with Crippen LogP contribution in [0.2, 0.25) is 0 Å². The number of rotatable bonds is 14. The van der Waals surface area contributed by atoms with E-state index in [9.17, 15) is 21.6 Å². The predicted octanol–water partition coefficient (Wildman–Crippen LogP) is 0.731. The first-order chi connectivity index (χ1) is 15.5. The highest BCUT2D eigenvalue weighted by atomic mass is 32.2. The van der Waals surface area contributed by atoms with Gasteiger partial charge in [-0.3, -0.25) is 9.69 Å². The summed E-state index contributed by atoms with van der Waals surface area (Å²) in [6.45, 7) is 6.27. The highest BCUT2D eigenvalue weighted by molar-refractivity contribution is 8.06. The van der Waals surface area contributed by atoms with Gasteiger partial charge in [0.2, 0.25) is 5.76 Å². The number of amides is 1. The van der Waals surface area contributed by atoms with Crippen molar-refractivity contribution in [2.24, 2.45) is 0 Å². The average Bonchev–Trinajstić information content (AvgIpc) is 3.24. The molecule has 1 fully saturated rings.